The number of hydrogen-bond acceptors (Lipinski definition) is 7. The molecule has 3 N–H and O–H groups in total. The molecule has 0 saturated carbocycles. The number of fused-ring (bicyclic) bond motifs is 1. The van der Waals surface area contributed by atoms with Gasteiger partial charge in [-0.1, -0.05) is 37.6 Å². The Hall–Kier alpha value is -2.71. The third kappa shape index (κ3) is 5.62. The van der Waals surface area contributed by atoms with Crippen molar-refractivity contribution in [3.8, 4) is 0 Å². The topological polar surface area (TPSA) is 90.6 Å². The molecular weight excluding hydrogens is 414 g/mol. The highest BCUT2D eigenvalue weighted by Gasteiger charge is 2.32. The highest BCUT2D eigenvalue weighted by molar-refractivity contribution is 6.01. The fourth-order valence-electron chi connectivity index (χ4n) is 4.65. The van der Waals surface area contributed by atoms with Crippen LogP contribution in [0, 0.1) is 0 Å². The highest BCUT2D eigenvalue weighted by Crippen LogP contribution is 2.32. The zero-order valence-electron chi connectivity index (χ0n) is 20.2. The molecule has 0 radical (unpaired) electrons. The molecule has 1 saturated heterocycles. The molecule has 8 nitrogen and oxygen atoms in total. The molecule has 0 atom stereocenters. The summed E-state index contributed by atoms with van der Waals surface area (Å²) in [6, 6.07) is 9.31. The maximum absolute atomic E-state index is 12.7. The number of nitrogens with one attached hydrogen (secondary N) is 1. The van der Waals surface area contributed by atoms with Crippen LogP contribution in [0.15, 0.2) is 24.3 Å². The second-order valence-electron chi connectivity index (χ2n) is 9.46. The third-order valence-corrected chi connectivity index (χ3v) is 6.77. The van der Waals surface area contributed by atoms with Gasteiger partial charge in [-0.05, 0) is 57.6 Å². The van der Waals surface area contributed by atoms with Crippen LogP contribution in [0.2, 0.25) is 0 Å². The molecule has 33 heavy (non-hydrogen) atoms. The lowest BCUT2D eigenvalue weighted by Gasteiger charge is -2.35. The van der Waals surface area contributed by atoms with Crippen LogP contribution in [0.4, 0.5) is 17.6 Å². The standard InChI is InChI=1S/C25H37N7O/c1-4-5-12-27-25-28-23(26)21-15-22(33)32(24(21)29-25)17-19-8-6-18(7-9-19)16-31-13-10-20(11-14-31)30(2)3/h6-9,20H,4-5,10-17H2,1-3H3,(H3,26,27,28,29). The number of unbranched alkanes of at least 4 members (excludes halogenated alkanes) is 1. The Kier molecular flexibility index (Phi) is 7.45. The number of amides is 1. The van der Waals surface area contributed by atoms with Crippen molar-refractivity contribution >= 4 is 23.5 Å². The molecule has 1 amide bonds. The lowest BCUT2D eigenvalue weighted by molar-refractivity contribution is -0.117. The predicted molar refractivity (Wildman–Crippen MR) is 133 cm³/mol. The van der Waals surface area contributed by atoms with Gasteiger partial charge in [0.15, 0.2) is 0 Å². The Morgan fingerprint density at radius 3 is 2.39 bits per heavy atom. The summed E-state index contributed by atoms with van der Waals surface area (Å²) < 4.78 is 0. The van der Waals surface area contributed by atoms with Gasteiger partial charge >= 0.3 is 0 Å². The summed E-state index contributed by atoms with van der Waals surface area (Å²) in [5, 5.41) is 3.22. The van der Waals surface area contributed by atoms with E-state index in [0.29, 0.717) is 30.2 Å². The van der Waals surface area contributed by atoms with Crippen LogP contribution >= 0.6 is 0 Å². The summed E-state index contributed by atoms with van der Waals surface area (Å²) in [4.78, 5) is 28.3. The van der Waals surface area contributed by atoms with Gasteiger partial charge in [-0.15, -0.1) is 0 Å². The number of carbonyl (C=O) groups is 1. The number of piperidine rings is 1. The largest absolute Gasteiger partial charge is 0.383 e. The number of nitrogen functional groups attached to an aromatic ring is 1. The zero-order chi connectivity index (χ0) is 23.4. The van der Waals surface area contributed by atoms with Crippen molar-refractivity contribution in [2.75, 3.05) is 49.7 Å². The van der Waals surface area contributed by atoms with Crippen LogP contribution in [0.25, 0.3) is 0 Å². The summed E-state index contributed by atoms with van der Waals surface area (Å²) in [7, 11) is 4.35. The lowest BCUT2D eigenvalue weighted by atomic mass is 10.0. The first-order chi connectivity index (χ1) is 15.9. The number of nitrogens with zero attached hydrogens (tertiary/aromatic N) is 5. The predicted octanol–water partition coefficient (Wildman–Crippen LogP) is 2.89. The minimum atomic E-state index is 0.0181. The molecule has 2 aliphatic heterocycles. The number of likely N-dealkylation sites (tertiary alicyclic amines) is 1. The molecule has 178 valence electrons. The van der Waals surface area contributed by atoms with E-state index in [1.165, 1.54) is 18.4 Å². The zero-order valence-corrected chi connectivity index (χ0v) is 20.2. The number of rotatable bonds is 9. The minimum absolute atomic E-state index is 0.0181. The molecule has 0 spiro atoms. The molecule has 0 unspecified atom stereocenters. The highest BCUT2D eigenvalue weighted by atomic mass is 16.2. The summed E-state index contributed by atoms with van der Waals surface area (Å²) in [5.41, 5.74) is 9.28. The molecule has 1 fully saturated rings. The van der Waals surface area contributed by atoms with Crippen LogP contribution in [0.3, 0.4) is 0 Å². The van der Waals surface area contributed by atoms with Gasteiger partial charge in [0.25, 0.3) is 0 Å². The van der Waals surface area contributed by atoms with E-state index in [4.69, 9.17) is 5.73 Å². The van der Waals surface area contributed by atoms with Gasteiger partial charge in [0.05, 0.1) is 13.0 Å². The van der Waals surface area contributed by atoms with Crippen LogP contribution in [-0.2, 0) is 24.3 Å². The van der Waals surface area contributed by atoms with Gasteiger partial charge in [0.2, 0.25) is 11.9 Å². The molecule has 4 rings (SSSR count). The quantitative estimate of drug-likeness (QED) is 0.567. The van der Waals surface area contributed by atoms with Gasteiger partial charge in [-0.2, -0.15) is 9.97 Å². The van der Waals surface area contributed by atoms with Crippen LogP contribution < -0.4 is 16.0 Å². The number of nitrogens with two attached hydrogens (primary N) is 1. The van der Waals surface area contributed by atoms with Crippen LogP contribution in [0.5, 0.6) is 0 Å². The Labute approximate surface area is 197 Å². The third-order valence-electron chi connectivity index (χ3n) is 6.77. The van der Waals surface area contributed by atoms with E-state index in [9.17, 15) is 4.79 Å². The molecule has 1 aromatic heterocycles. The maximum Gasteiger partial charge on any atom is 0.233 e. The summed E-state index contributed by atoms with van der Waals surface area (Å²) >= 11 is 0. The SMILES string of the molecule is CCCCNc1nc(N)c2c(n1)N(Cc1ccc(CN3CCC(N(C)C)CC3)cc1)C(=O)C2. The van der Waals surface area contributed by atoms with E-state index in [0.717, 1.165) is 50.1 Å². The lowest BCUT2D eigenvalue weighted by Crippen LogP contribution is -2.41. The first kappa shape index (κ1) is 23.4. The monoisotopic (exact) mass is 451 g/mol. The van der Waals surface area contributed by atoms with Crippen LogP contribution in [0.1, 0.15) is 49.3 Å². The summed E-state index contributed by atoms with van der Waals surface area (Å²) in [6.45, 7) is 6.67. The van der Waals surface area contributed by atoms with Crippen molar-refractivity contribution in [1.29, 1.82) is 0 Å². The average Bonchev–Trinajstić information content (AvgIpc) is 3.11. The first-order valence-corrected chi connectivity index (χ1v) is 12.1. The smallest absolute Gasteiger partial charge is 0.233 e. The summed E-state index contributed by atoms with van der Waals surface area (Å²) in [6.07, 6.45) is 4.83. The molecule has 3 heterocycles. The van der Waals surface area contributed by atoms with Crippen molar-refractivity contribution in [3.63, 3.8) is 0 Å². The van der Waals surface area contributed by atoms with Gasteiger partial charge in [0.1, 0.15) is 11.6 Å². The molecule has 2 aromatic rings. The van der Waals surface area contributed by atoms with Crippen molar-refractivity contribution in [2.45, 2.75) is 58.2 Å². The van der Waals surface area contributed by atoms with E-state index >= 15 is 0 Å². The van der Waals surface area contributed by atoms with Gasteiger partial charge in [0, 0.05) is 24.7 Å². The molecule has 8 heteroatoms. The van der Waals surface area contributed by atoms with Crippen molar-refractivity contribution in [2.24, 2.45) is 0 Å². The first-order valence-electron chi connectivity index (χ1n) is 12.1. The fourth-order valence-corrected chi connectivity index (χ4v) is 4.65. The Bertz CT molecular complexity index is 952. The van der Waals surface area contributed by atoms with Crippen LogP contribution in [-0.4, -0.2) is 65.4 Å². The van der Waals surface area contributed by atoms with E-state index < -0.39 is 0 Å². The Balaban J connectivity index is 1.39. The van der Waals surface area contributed by atoms with E-state index in [1.54, 1.807) is 4.90 Å². The normalized spacial score (nSPS) is 17.1. The van der Waals surface area contributed by atoms with E-state index in [-0.39, 0.29) is 12.3 Å². The van der Waals surface area contributed by atoms with Crippen molar-refractivity contribution in [1.82, 2.24) is 19.8 Å². The number of anilines is 3. The minimum Gasteiger partial charge on any atom is -0.383 e. The molecule has 2 aliphatic rings. The van der Waals surface area contributed by atoms with Crippen molar-refractivity contribution in [3.05, 3.63) is 41.0 Å². The number of carbonyl (C=O) groups excluding carboxylic acids is 1. The van der Waals surface area contributed by atoms with E-state index in [2.05, 4.69) is 70.4 Å². The second-order valence-corrected chi connectivity index (χ2v) is 9.46. The average molecular weight is 452 g/mol. The molecule has 0 aliphatic carbocycles. The van der Waals surface area contributed by atoms with E-state index in [1.807, 2.05) is 0 Å². The van der Waals surface area contributed by atoms with Crippen molar-refractivity contribution < 1.29 is 4.79 Å². The second kappa shape index (κ2) is 10.5. The Morgan fingerprint density at radius 2 is 1.76 bits per heavy atom. The number of benzene rings is 1. The number of aromatic nitrogens is 2. The number of hydrogen-bond donors (Lipinski definition) is 2. The molecule has 0 bridgehead atoms. The molecular formula is C25H37N7O. The summed E-state index contributed by atoms with van der Waals surface area (Å²) in [5.74, 6) is 1.54. The Morgan fingerprint density at radius 1 is 1.09 bits per heavy atom. The maximum atomic E-state index is 12.7. The van der Waals surface area contributed by atoms with Gasteiger partial charge in [-0.3, -0.25) is 14.6 Å². The van der Waals surface area contributed by atoms with Gasteiger partial charge in [-0.25, -0.2) is 0 Å². The molecule has 1 aromatic carbocycles. The fraction of sp³-hybridized carbons (Fsp3) is 0.560. The van der Waals surface area contributed by atoms with Gasteiger partial charge < -0.3 is 16.0 Å².